The summed E-state index contributed by atoms with van der Waals surface area (Å²) in [5.41, 5.74) is 0.758. The summed E-state index contributed by atoms with van der Waals surface area (Å²) in [6, 6.07) is 1.91. The average molecular weight is 342 g/mol. The van der Waals surface area contributed by atoms with E-state index >= 15 is 0 Å². The van der Waals surface area contributed by atoms with Crippen LogP contribution in [-0.4, -0.2) is 41.6 Å². The summed E-state index contributed by atoms with van der Waals surface area (Å²) in [6.45, 7) is 5.97. The van der Waals surface area contributed by atoms with E-state index in [9.17, 15) is 4.79 Å². The molecule has 1 N–H and O–H groups in total. The molecular weight excluding hydrogens is 318 g/mol. The molecule has 20 heavy (non-hydrogen) atoms. The number of nitrogens with zero attached hydrogens (tertiary/aromatic N) is 2. The number of hydrogen-bond acceptors (Lipinski definition) is 2. The first-order chi connectivity index (χ1) is 9.61. The van der Waals surface area contributed by atoms with Crippen LogP contribution in [0.2, 0.25) is 0 Å². The van der Waals surface area contributed by atoms with Crippen molar-refractivity contribution in [2.45, 2.75) is 26.2 Å². The summed E-state index contributed by atoms with van der Waals surface area (Å²) in [6.07, 6.45) is 5.36. The Labute approximate surface area is 129 Å². The molecule has 4 nitrogen and oxygen atoms in total. The summed E-state index contributed by atoms with van der Waals surface area (Å²) in [4.78, 5) is 14.7. The van der Waals surface area contributed by atoms with Crippen molar-refractivity contribution in [2.75, 3.05) is 26.2 Å². The molecule has 1 unspecified atom stereocenters. The number of carbonyl (C=O) groups excluding carboxylic acids is 1. The first-order valence-electron chi connectivity index (χ1n) is 7.43. The summed E-state index contributed by atoms with van der Waals surface area (Å²) >= 11 is 3.44. The molecule has 0 aromatic carbocycles. The zero-order valence-corrected chi connectivity index (χ0v) is 13.9. The molecule has 1 aliphatic rings. The van der Waals surface area contributed by atoms with Crippen molar-refractivity contribution >= 4 is 21.8 Å². The molecule has 1 amide bonds. The third-order valence-electron chi connectivity index (χ3n) is 3.85. The lowest BCUT2D eigenvalue weighted by Gasteiger charge is -2.30. The SMILES string of the molecule is CCCN(CC1CCCNC1)C(=O)c1cc(Br)cn1C. The maximum atomic E-state index is 12.7. The number of piperidine rings is 1. The Balaban J connectivity index is 2.06. The second kappa shape index (κ2) is 7.27. The Kier molecular flexibility index (Phi) is 5.66. The fourth-order valence-electron chi connectivity index (χ4n) is 2.84. The largest absolute Gasteiger partial charge is 0.345 e. The zero-order chi connectivity index (χ0) is 14.5. The highest BCUT2D eigenvalue weighted by molar-refractivity contribution is 9.10. The van der Waals surface area contributed by atoms with Crippen molar-refractivity contribution in [3.8, 4) is 0 Å². The van der Waals surface area contributed by atoms with Crippen molar-refractivity contribution in [1.29, 1.82) is 0 Å². The lowest BCUT2D eigenvalue weighted by molar-refractivity contribution is 0.0709. The molecule has 1 aliphatic heterocycles. The van der Waals surface area contributed by atoms with Gasteiger partial charge in [-0.3, -0.25) is 4.79 Å². The minimum atomic E-state index is 0.144. The molecule has 2 heterocycles. The highest BCUT2D eigenvalue weighted by Crippen LogP contribution is 2.18. The molecule has 1 atom stereocenters. The number of aryl methyl sites for hydroxylation is 1. The van der Waals surface area contributed by atoms with Crippen LogP contribution in [0.25, 0.3) is 0 Å². The maximum Gasteiger partial charge on any atom is 0.270 e. The summed E-state index contributed by atoms with van der Waals surface area (Å²) in [5, 5.41) is 3.43. The van der Waals surface area contributed by atoms with E-state index in [1.165, 1.54) is 12.8 Å². The lowest BCUT2D eigenvalue weighted by atomic mass is 9.99. The first-order valence-corrected chi connectivity index (χ1v) is 8.23. The highest BCUT2D eigenvalue weighted by atomic mass is 79.9. The summed E-state index contributed by atoms with van der Waals surface area (Å²) in [7, 11) is 1.92. The number of carbonyl (C=O) groups is 1. The van der Waals surface area contributed by atoms with E-state index in [1.807, 2.05) is 28.8 Å². The van der Waals surface area contributed by atoms with E-state index in [0.29, 0.717) is 5.92 Å². The molecule has 112 valence electrons. The van der Waals surface area contributed by atoms with E-state index in [0.717, 1.165) is 42.8 Å². The van der Waals surface area contributed by atoms with Crippen LogP contribution < -0.4 is 5.32 Å². The molecule has 0 bridgehead atoms. The molecular formula is C15H24BrN3O. The van der Waals surface area contributed by atoms with Gasteiger partial charge in [0.05, 0.1) is 0 Å². The Morgan fingerprint density at radius 2 is 2.40 bits per heavy atom. The standard InChI is InChI=1S/C15H24BrN3O/c1-3-7-19(10-12-5-4-6-17-9-12)15(20)14-8-13(16)11-18(14)2/h8,11-12,17H,3-7,9-10H2,1-2H3. The van der Waals surface area contributed by atoms with Gasteiger partial charge in [-0.15, -0.1) is 0 Å². The van der Waals surface area contributed by atoms with Gasteiger partial charge in [-0.25, -0.2) is 0 Å². The van der Waals surface area contributed by atoms with Crippen molar-refractivity contribution in [1.82, 2.24) is 14.8 Å². The van der Waals surface area contributed by atoms with Crippen LogP contribution in [-0.2, 0) is 7.05 Å². The van der Waals surface area contributed by atoms with Gasteiger partial charge in [-0.05, 0) is 60.3 Å². The van der Waals surface area contributed by atoms with Crippen LogP contribution in [0.15, 0.2) is 16.7 Å². The molecule has 1 fully saturated rings. The smallest absolute Gasteiger partial charge is 0.270 e. The minimum absolute atomic E-state index is 0.144. The van der Waals surface area contributed by atoms with Gasteiger partial charge >= 0.3 is 0 Å². The van der Waals surface area contributed by atoms with E-state index in [-0.39, 0.29) is 5.91 Å². The molecule has 1 aromatic rings. The average Bonchev–Trinajstić information content (AvgIpc) is 2.77. The van der Waals surface area contributed by atoms with Gasteiger partial charge in [0, 0.05) is 30.8 Å². The van der Waals surface area contributed by atoms with Crippen LogP contribution in [0.4, 0.5) is 0 Å². The quantitative estimate of drug-likeness (QED) is 0.893. The molecule has 0 aliphatic carbocycles. The van der Waals surface area contributed by atoms with Gasteiger partial charge in [-0.1, -0.05) is 6.92 Å². The fraction of sp³-hybridized carbons (Fsp3) is 0.667. The third-order valence-corrected chi connectivity index (χ3v) is 4.28. The number of rotatable bonds is 5. The van der Waals surface area contributed by atoms with E-state index in [1.54, 1.807) is 0 Å². The van der Waals surface area contributed by atoms with Crippen LogP contribution >= 0.6 is 15.9 Å². The first kappa shape index (κ1) is 15.6. The Hall–Kier alpha value is -0.810. The normalized spacial score (nSPS) is 19.1. The molecule has 0 saturated carbocycles. The monoisotopic (exact) mass is 341 g/mol. The van der Waals surface area contributed by atoms with Gasteiger partial charge in [0.2, 0.25) is 0 Å². The van der Waals surface area contributed by atoms with Gasteiger partial charge in [0.25, 0.3) is 5.91 Å². The van der Waals surface area contributed by atoms with Gasteiger partial charge < -0.3 is 14.8 Å². The molecule has 1 aromatic heterocycles. The Morgan fingerprint density at radius 1 is 1.60 bits per heavy atom. The number of hydrogen-bond donors (Lipinski definition) is 1. The Morgan fingerprint density at radius 3 is 2.95 bits per heavy atom. The van der Waals surface area contributed by atoms with Gasteiger partial charge in [-0.2, -0.15) is 0 Å². The van der Waals surface area contributed by atoms with Crippen LogP contribution in [0.3, 0.4) is 0 Å². The number of nitrogens with one attached hydrogen (secondary N) is 1. The van der Waals surface area contributed by atoms with Crippen molar-refractivity contribution in [2.24, 2.45) is 13.0 Å². The predicted octanol–water partition coefficient (Wildman–Crippen LogP) is 2.64. The second-order valence-electron chi connectivity index (χ2n) is 5.62. The van der Waals surface area contributed by atoms with Crippen molar-refractivity contribution in [3.05, 3.63) is 22.4 Å². The van der Waals surface area contributed by atoms with E-state index < -0.39 is 0 Å². The number of halogens is 1. The van der Waals surface area contributed by atoms with Gasteiger partial charge in [0.1, 0.15) is 5.69 Å². The second-order valence-corrected chi connectivity index (χ2v) is 6.53. The van der Waals surface area contributed by atoms with Crippen LogP contribution in [0.1, 0.15) is 36.7 Å². The zero-order valence-electron chi connectivity index (χ0n) is 12.4. The van der Waals surface area contributed by atoms with Crippen molar-refractivity contribution in [3.63, 3.8) is 0 Å². The maximum absolute atomic E-state index is 12.7. The molecule has 2 rings (SSSR count). The van der Waals surface area contributed by atoms with E-state index in [4.69, 9.17) is 0 Å². The van der Waals surface area contributed by atoms with Crippen LogP contribution in [0, 0.1) is 5.92 Å². The number of aromatic nitrogens is 1. The lowest BCUT2D eigenvalue weighted by Crippen LogP contribution is -2.41. The minimum Gasteiger partial charge on any atom is -0.345 e. The predicted molar refractivity (Wildman–Crippen MR) is 84.9 cm³/mol. The molecule has 1 saturated heterocycles. The fourth-order valence-corrected chi connectivity index (χ4v) is 3.36. The van der Waals surface area contributed by atoms with E-state index in [2.05, 4.69) is 28.2 Å². The number of amides is 1. The summed E-state index contributed by atoms with van der Waals surface area (Å²) < 4.78 is 2.85. The molecule has 0 spiro atoms. The van der Waals surface area contributed by atoms with Crippen molar-refractivity contribution < 1.29 is 4.79 Å². The topological polar surface area (TPSA) is 37.3 Å². The third kappa shape index (κ3) is 3.85. The van der Waals surface area contributed by atoms with Crippen LogP contribution in [0.5, 0.6) is 0 Å². The molecule has 0 radical (unpaired) electrons. The van der Waals surface area contributed by atoms with Gasteiger partial charge in [0.15, 0.2) is 0 Å². The molecule has 5 heteroatoms. The summed E-state index contributed by atoms with van der Waals surface area (Å²) in [5.74, 6) is 0.730. The Bertz CT molecular complexity index is 452. The highest BCUT2D eigenvalue weighted by Gasteiger charge is 2.23.